The first-order chi connectivity index (χ1) is 14.9. The molecule has 3 rings (SSSR count). The van der Waals surface area contributed by atoms with Crippen LogP contribution in [0.3, 0.4) is 0 Å². The van der Waals surface area contributed by atoms with Gasteiger partial charge in [0.05, 0.1) is 18.1 Å². The van der Waals surface area contributed by atoms with E-state index in [9.17, 15) is 18.4 Å². The molecule has 31 heavy (non-hydrogen) atoms. The Hall–Kier alpha value is -3.49. The molecule has 0 saturated carbocycles. The lowest BCUT2D eigenvalue weighted by Crippen LogP contribution is -2.25. The highest BCUT2D eigenvalue weighted by molar-refractivity contribution is 5.94. The zero-order valence-electron chi connectivity index (χ0n) is 17.2. The molecule has 1 unspecified atom stereocenters. The van der Waals surface area contributed by atoms with E-state index in [1.165, 1.54) is 20.1 Å². The molecule has 0 saturated heterocycles. The van der Waals surface area contributed by atoms with E-state index in [2.05, 4.69) is 10.3 Å². The molecule has 0 bridgehead atoms. The summed E-state index contributed by atoms with van der Waals surface area (Å²) in [5.41, 5.74) is 1.15. The third-order valence-corrected chi connectivity index (χ3v) is 4.69. The summed E-state index contributed by atoms with van der Waals surface area (Å²) in [6.07, 6.45) is -0.566. The van der Waals surface area contributed by atoms with E-state index < -0.39 is 18.6 Å². The highest BCUT2D eigenvalue weighted by Crippen LogP contribution is 2.28. The number of alkyl halides is 2. The molecule has 1 N–H and O–H groups in total. The first kappa shape index (κ1) is 22.2. The van der Waals surface area contributed by atoms with Crippen LogP contribution in [0.4, 0.5) is 8.78 Å². The standard InChI is InChI=1S/C22H23F2N3O4/c1-14(20-26-17-6-3-4-7-18(17)27(20)22(23)24)31-19(28)8-5-13-25-21(29)15-9-11-16(30-2)12-10-15/h3-4,6-7,9-12,14,22H,5,8,13H2,1-2H3,(H,25,29). The van der Waals surface area contributed by atoms with Gasteiger partial charge in [-0.2, -0.15) is 8.78 Å². The molecule has 1 heterocycles. The Labute approximate surface area is 178 Å². The minimum atomic E-state index is -2.81. The summed E-state index contributed by atoms with van der Waals surface area (Å²) in [5.74, 6) is -0.194. The SMILES string of the molecule is COc1ccc(C(=O)NCCCC(=O)OC(C)c2nc3ccccc3n2C(F)F)cc1. The van der Waals surface area contributed by atoms with Crippen molar-refractivity contribution in [3.05, 3.63) is 59.9 Å². The molecule has 0 aliphatic carbocycles. The van der Waals surface area contributed by atoms with Gasteiger partial charge in [-0.3, -0.25) is 14.2 Å². The van der Waals surface area contributed by atoms with E-state index in [-0.39, 0.29) is 30.2 Å². The van der Waals surface area contributed by atoms with Crippen molar-refractivity contribution < 1.29 is 27.8 Å². The Morgan fingerprint density at radius 3 is 2.52 bits per heavy atom. The predicted octanol–water partition coefficient (Wildman–Crippen LogP) is 4.25. The molecule has 164 valence electrons. The summed E-state index contributed by atoms with van der Waals surface area (Å²) < 4.78 is 38.2. The zero-order chi connectivity index (χ0) is 22.4. The van der Waals surface area contributed by atoms with Crippen molar-refractivity contribution in [2.75, 3.05) is 13.7 Å². The number of carbonyl (C=O) groups is 2. The third kappa shape index (κ3) is 5.36. The van der Waals surface area contributed by atoms with Gasteiger partial charge in [-0.15, -0.1) is 0 Å². The summed E-state index contributed by atoms with van der Waals surface area (Å²) in [6.45, 7) is -1.04. The van der Waals surface area contributed by atoms with Crippen molar-refractivity contribution in [2.45, 2.75) is 32.4 Å². The Balaban J connectivity index is 1.50. The molecular weight excluding hydrogens is 408 g/mol. The number of hydrogen-bond donors (Lipinski definition) is 1. The van der Waals surface area contributed by atoms with Crippen LogP contribution in [0, 0.1) is 0 Å². The van der Waals surface area contributed by atoms with E-state index in [1.54, 1.807) is 42.5 Å². The van der Waals surface area contributed by atoms with Gasteiger partial charge in [-0.1, -0.05) is 12.1 Å². The Morgan fingerprint density at radius 2 is 1.84 bits per heavy atom. The second-order valence-electron chi connectivity index (χ2n) is 6.83. The lowest BCUT2D eigenvalue weighted by Gasteiger charge is -2.15. The van der Waals surface area contributed by atoms with Crippen molar-refractivity contribution in [2.24, 2.45) is 0 Å². The Morgan fingerprint density at radius 1 is 1.13 bits per heavy atom. The van der Waals surface area contributed by atoms with Gasteiger partial charge in [0.1, 0.15) is 5.75 Å². The van der Waals surface area contributed by atoms with E-state index in [0.29, 0.717) is 23.3 Å². The van der Waals surface area contributed by atoms with Gasteiger partial charge >= 0.3 is 12.5 Å². The van der Waals surface area contributed by atoms with Gasteiger partial charge in [0.25, 0.3) is 5.91 Å². The predicted molar refractivity (Wildman–Crippen MR) is 110 cm³/mol. The molecule has 0 fully saturated rings. The second-order valence-corrected chi connectivity index (χ2v) is 6.83. The molecule has 1 amide bonds. The van der Waals surface area contributed by atoms with Crippen LogP contribution in [0.25, 0.3) is 11.0 Å². The third-order valence-electron chi connectivity index (χ3n) is 4.69. The van der Waals surface area contributed by atoms with Crippen LogP contribution in [0.2, 0.25) is 0 Å². The number of carbonyl (C=O) groups excluding carboxylic acids is 2. The molecular formula is C22H23F2N3O4. The Bertz CT molecular complexity index is 1050. The average molecular weight is 431 g/mol. The molecule has 1 aromatic heterocycles. The maximum Gasteiger partial charge on any atom is 0.320 e. The first-order valence-corrected chi connectivity index (χ1v) is 9.77. The lowest BCUT2D eigenvalue weighted by atomic mass is 10.2. The number of rotatable bonds is 9. The topological polar surface area (TPSA) is 82.4 Å². The van der Waals surface area contributed by atoms with Crippen LogP contribution in [0.1, 0.15) is 48.6 Å². The minimum absolute atomic E-state index is 0.0163. The molecule has 1 atom stereocenters. The molecule has 0 radical (unpaired) electrons. The minimum Gasteiger partial charge on any atom is -0.497 e. The Kier molecular flexibility index (Phi) is 7.17. The summed E-state index contributed by atoms with van der Waals surface area (Å²) >= 11 is 0. The second kappa shape index (κ2) is 10.0. The summed E-state index contributed by atoms with van der Waals surface area (Å²) in [5, 5.41) is 2.72. The van der Waals surface area contributed by atoms with Crippen molar-refractivity contribution in [3.63, 3.8) is 0 Å². The highest BCUT2D eigenvalue weighted by atomic mass is 19.3. The fourth-order valence-electron chi connectivity index (χ4n) is 3.14. The summed E-state index contributed by atoms with van der Waals surface area (Å²) in [4.78, 5) is 28.4. The molecule has 0 aliphatic heterocycles. The number of amides is 1. The van der Waals surface area contributed by atoms with Gasteiger partial charge in [0, 0.05) is 18.5 Å². The van der Waals surface area contributed by atoms with Crippen LogP contribution in [0.15, 0.2) is 48.5 Å². The summed E-state index contributed by atoms with van der Waals surface area (Å²) in [7, 11) is 1.54. The van der Waals surface area contributed by atoms with Crippen LogP contribution < -0.4 is 10.1 Å². The van der Waals surface area contributed by atoms with Crippen LogP contribution in [-0.2, 0) is 9.53 Å². The van der Waals surface area contributed by atoms with Crippen molar-refractivity contribution in [3.8, 4) is 5.75 Å². The number of hydrogen-bond acceptors (Lipinski definition) is 5. The number of imidazole rings is 1. The number of ether oxygens (including phenoxy) is 2. The van der Waals surface area contributed by atoms with Gasteiger partial charge in [0.2, 0.25) is 0 Å². The molecule has 0 spiro atoms. The fraction of sp³-hybridized carbons (Fsp3) is 0.318. The first-order valence-electron chi connectivity index (χ1n) is 9.77. The van der Waals surface area contributed by atoms with Gasteiger partial charge in [-0.05, 0) is 49.7 Å². The largest absolute Gasteiger partial charge is 0.497 e. The number of fused-ring (bicyclic) bond motifs is 1. The lowest BCUT2D eigenvalue weighted by molar-refractivity contribution is -0.149. The van der Waals surface area contributed by atoms with E-state index >= 15 is 0 Å². The van der Waals surface area contributed by atoms with Crippen molar-refractivity contribution in [1.29, 1.82) is 0 Å². The normalized spacial score (nSPS) is 12.0. The number of halogens is 2. The average Bonchev–Trinajstić information content (AvgIpc) is 3.17. The fourth-order valence-corrected chi connectivity index (χ4v) is 3.14. The smallest absolute Gasteiger partial charge is 0.320 e. The maximum atomic E-state index is 13.5. The van der Waals surface area contributed by atoms with Crippen molar-refractivity contribution >= 4 is 22.9 Å². The summed E-state index contributed by atoms with van der Waals surface area (Å²) in [6, 6.07) is 13.1. The molecule has 3 aromatic rings. The highest BCUT2D eigenvalue weighted by Gasteiger charge is 2.24. The van der Waals surface area contributed by atoms with Crippen LogP contribution in [-0.4, -0.2) is 35.1 Å². The molecule has 7 nitrogen and oxygen atoms in total. The van der Waals surface area contributed by atoms with Gasteiger partial charge in [-0.25, -0.2) is 4.98 Å². The quantitative estimate of drug-likeness (QED) is 0.405. The van der Waals surface area contributed by atoms with Gasteiger partial charge in [0.15, 0.2) is 11.9 Å². The van der Waals surface area contributed by atoms with E-state index in [1.807, 2.05) is 0 Å². The van der Waals surface area contributed by atoms with Gasteiger partial charge < -0.3 is 14.8 Å². The zero-order valence-corrected chi connectivity index (χ0v) is 17.2. The number of methoxy groups -OCH3 is 1. The number of esters is 1. The van der Waals surface area contributed by atoms with Crippen molar-refractivity contribution in [1.82, 2.24) is 14.9 Å². The molecule has 0 aliphatic rings. The maximum absolute atomic E-state index is 13.5. The number of nitrogens with one attached hydrogen (secondary N) is 1. The monoisotopic (exact) mass is 431 g/mol. The number of aromatic nitrogens is 2. The van der Waals surface area contributed by atoms with Crippen LogP contribution >= 0.6 is 0 Å². The van der Waals surface area contributed by atoms with Crippen LogP contribution in [0.5, 0.6) is 5.75 Å². The van der Waals surface area contributed by atoms with E-state index in [0.717, 1.165) is 4.57 Å². The number of para-hydroxylation sites is 2. The number of nitrogens with zero attached hydrogens (tertiary/aromatic N) is 2. The van der Waals surface area contributed by atoms with E-state index in [4.69, 9.17) is 9.47 Å². The molecule has 9 heteroatoms. The molecule has 2 aromatic carbocycles. The number of benzene rings is 2.